The molecule has 2 heterocycles. The van der Waals surface area contributed by atoms with Crippen molar-refractivity contribution in [1.82, 2.24) is 9.97 Å². The van der Waals surface area contributed by atoms with E-state index in [1.54, 1.807) is 18.2 Å². The third-order valence-electron chi connectivity index (χ3n) is 4.97. The van der Waals surface area contributed by atoms with Crippen LogP contribution in [0.3, 0.4) is 0 Å². The Morgan fingerprint density at radius 1 is 1.19 bits per heavy atom. The summed E-state index contributed by atoms with van der Waals surface area (Å²) in [7, 11) is 0. The van der Waals surface area contributed by atoms with Crippen molar-refractivity contribution >= 4 is 46.7 Å². The fraction of sp³-hybridized carbons (Fsp3) is 0.182. The number of para-hydroxylation sites is 1. The summed E-state index contributed by atoms with van der Waals surface area (Å²) in [4.78, 5) is 45.1. The number of aryl methyl sites for hydroxylation is 1. The molecule has 0 spiro atoms. The Morgan fingerprint density at radius 2 is 1.94 bits per heavy atom. The van der Waals surface area contributed by atoms with E-state index in [9.17, 15) is 14.4 Å². The normalized spacial score (nSPS) is 15.2. The molecule has 0 radical (unpaired) electrons. The predicted molar refractivity (Wildman–Crippen MR) is 122 cm³/mol. The van der Waals surface area contributed by atoms with E-state index >= 15 is 0 Å². The molecule has 0 aliphatic carbocycles. The summed E-state index contributed by atoms with van der Waals surface area (Å²) in [5, 5.41) is 6.40. The van der Waals surface area contributed by atoms with Gasteiger partial charge in [-0.25, -0.2) is 4.98 Å². The second-order valence-electron chi connectivity index (χ2n) is 7.12. The lowest BCUT2D eigenvalue weighted by Crippen LogP contribution is -2.36. The first-order valence-corrected chi connectivity index (χ1v) is 11.0. The highest BCUT2D eigenvalue weighted by molar-refractivity contribution is 7.98. The van der Waals surface area contributed by atoms with Crippen LogP contribution in [0.15, 0.2) is 58.5 Å². The quantitative estimate of drug-likeness (QED) is 0.398. The Balaban J connectivity index is 1.59. The number of halogens is 1. The van der Waals surface area contributed by atoms with Gasteiger partial charge in [0.25, 0.3) is 5.56 Å². The number of thioether (sulfide) groups is 1. The third-order valence-corrected chi connectivity index (χ3v) is 6.26. The van der Waals surface area contributed by atoms with Gasteiger partial charge in [-0.05, 0) is 30.2 Å². The van der Waals surface area contributed by atoms with E-state index in [0.717, 1.165) is 11.1 Å². The van der Waals surface area contributed by atoms with Crippen LogP contribution in [-0.4, -0.2) is 21.8 Å². The zero-order chi connectivity index (χ0) is 22.0. The largest absolute Gasteiger partial charge is 0.325 e. The number of amides is 2. The molecule has 3 N–H and O–H groups in total. The molecule has 0 saturated heterocycles. The second kappa shape index (κ2) is 8.95. The number of nitrogens with zero attached hydrogens (tertiary/aromatic N) is 1. The summed E-state index contributed by atoms with van der Waals surface area (Å²) in [6.07, 6.45) is -0.123. The van der Waals surface area contributed by atoms with Crippen LogP contribution in [0.5, 0.6) is 0 Å². The number of nitrogens with one attached hydrogen (secondary N) is 3. The van der Waals surface area contributed by atoms with Gasteiger partial charge in [0.1, 0.15) is 5.82 Å². The molecule has 1 atom stereocenters. The summed E-state index contributed by atoms with van der Waals surface area (Å²) in [5.74, 6) is -1.10. The van der Waals surface area contributed by atoms with Crippen LogP contribution in [0.25, 0.3) is 0 Å². The molecule has 0 saturated carbocycles. The summed E-state index contributed by atoms with van der Waals surface area (Å²) < 4.78 is 0. The van der Waals surface area contributed by atoms with E-state index in [2.05, 4.69) is 20.6 Å². The number of benzene rings is 2. The number of rotatable bonds is 5. The van der Waals surface area contributed by atoms with Gasteiger partial charge in [0.05, 0.1) is 11.5 Å². The SMILES string of the molecule is Cc1ccccc1NC(=O)[C@@H]1CC(=O)Nc2nc(SCc3ccccc3Cl)[nH]c(=O)c21. The highest BCUT2D eigenvalue weighted by Crippen LogP contribution is 2.31. The van der Waals surface area contributed by atoms with Gasteiger partial charge in [-0.1, -0.05) is 59.8 Å². The van der Waals surface area contributed by atoms with Gasteiger partial charge in [0.15, 0.2) is 5.16 Å². The third kappa shape index (κ3) is 4.65. The molecule has 2 aromatic carbocycles. The Bertz CT molecular complexity index is 1230. The Labute approximate surface area is 187 Å². The fourth-order valence-corrected chi connectivity index (χ4v) is 4.48. The van der Waals surface area contributed by atoms with Crippen molar-refractivity contribution < 1.29 is 9.59 Å². The standard InChI is InChI=1S/C22H19ClN4O3S/c1-12-6-2-5-9-16(12)24-20(29)14-10-17(28)25-19-18(14)21(30)27-22(26-19)31-11-13-7-3-4-8-15(13)23/h2-9,14H,10-11H2,1H3,(H,24,29)(H2,25,26,27,28,30)/t14-/m1/s1. The number of aromatic amines is 1. The van der Waals surface area contributed by atoms with E-state index in [1.807, 2.05) is 37.3 Å². The first-order valence-electron chi connectivity index (χ1n) is 9.59. The number of hydrogen-bond acceptors (Lipinski definition) is 5. The number of H-pyrrole nitrogens is 1. The summed E-state index contributed by atoms with van der Waals surface area (Å²) >= 11 is 7.47. The van der Waals surface area contributed by atoms with Crippen molar-refractivity contribution in [3.05, 3.63) is 80.6 Å². The highest BCUT2D eigenvalue weighted by Gasteiger charge is 2.34. The highest BCUT2D eigenvalue weighted by atomic mass is 35.5. The maximum absolute atomic E-state index is 12.9. The van der Waals surface area contributed by atoms with Crippen LogP contribution < -0.4 is 16.2 Å². The molecule has 158 valence electrons. The lowest BCUT2D eigenvalue weighted by molar-refractivity contribution is -0.123. The minimum absolute atomic E-state index is 0.117. The second-order valence-corrected chi connectivity index (χ2v) is 8.49. The van der Waals surface area contributed by atoms with Crippen LogP contribution in [0.1, 0.15) is 29.0 Å². The predicted octanol–water partition coefficient (Wildman–Crippen LogP) is 4.09. The zero-order valence-corrected chi connectivity index (χ0v) is 18.1. The smallest absolute Gasteiger partial charge is 0.257 e. The van der Waals surface area contributed by atoms with Crippen molar-refractivity contribution in [2.45, 2.75) is 30.2 Å². The van der Waals surface area contributed by atoms with Gasteiger partial charge in [0.2, 0.25) is 11.8 Å². The molecule has 9 heteroatoms. The van der Waals surface area contributed by atoms with Gasteiger partial charge in [-0.2, -0.15) is 0 Å². The number of hydrogen-bond donors (Lipinski definition) is 3. The molecular formula is C22H19ClN4O3S. The average Bonchev–Trinajstić information content (AvgIpc) is 2.74. The molecule has 0 fully saturated rings. The van der Waals surface area contributed by atoms with E-state index in [4.69, 9.17) is 11.6 Å². The molecule has 1 aliphatic heterocycles. The molecule has 1 aliphatic rings. The maximum Gasteiger partial charge on any atom is 0.257 e. The van der Waals surface area contributed by atoms with Gasteiger partial charge in [0, 0.05) is 22.9 Å². The summed E-state index contributed by atoms with van der Waals surface area (Å²) in [5.41, 5.74) is 2.13. The van der Waals surface area contributed by atoms with Crippen LogP contribution >= 0.6 is 23.4 Å². The monoisotopic (exact) mass is 454 g/mol. The number of carbonyl (C=O) groups excluding carboxylic acids is 2. The lowest BCUT2D eigenvalue weighted by atomic mass is 9.92. The fourth-order valence-electron chi connectivity index (χ4n) is 3.34. The molecule has 3 aromatic rings. The van der Waals surface area contributed by atoms with Crippen molar-refractivity contribution in [2.24, 2.45) is 0 Å². The minimum atomic E-state index is -0.928. The Kier molecular flexibility index (Phi) is 6.11. The van der Waals surface area contributed by atoms with Crippen LogP contribution in [0.4, 0.5) is 11.5 Å². The van der Waals surface area contributed by atoms with Crippen molar-refractivity contribution in [2.75, 3.05) is 10.6 Å². The van der Waals surface area contributed by atoms with Crippen LogP contribution in [-0.2, 0) is 15.3 Å². The Hall–Kier alpha value is -3.10. The van der Waals surface area contributed by atoms with E-state index in [1.165, 1.54) is 11.8 Å². The van der Waals surface area contributed by atoms with Crippen molar-refractivity contribution in [3.8, 4) is 0 Å². The molecule has 0 unspecified atom stereocenters. The summed E-state index contributed by atoms with van der Waals surface area (Å²) in [6, 6.07) is 14.7. The zero-order valence-electron chi connectivity index (χ0n) is 16.6. The number of aromatic nitrogens is 2. The van der Waals surface area contributed by atoms with Gasteiger partial charge in [-0.3, -0.25) is 14.4 Å². The van der Waals surface area contributed by atoms with Crippen LogP contribution in [0.2, 0.25) is 5.02 Å². The maximum atomic E-state index is 12.9. The first kappa shape index (κ1) is 21.1. The Morgan fingerprint density at radius 3 is 2.71 bits per heavy atom. The van der Waals surface area contributed by atoms with E-state index in [-0.39, 0.29) is 23.7 Å². The van der Waals surface area contributed by atoms with Crippen LogP contribution in [0, 0.1) is 6.92 Å². The number of anilines is 2. The van der Waals surface area contributed by atoms with Gasteiger partial charge >= 0.3 is 0 Å². The molecular weight excluding hydrogens is 436 g/mol. The molecule has 2 amide bonds. The molecule has 31 heavy (non-hydrogen) atoms. The number of carbonyl (C=O) groups is 2. The summed E-state index contributed by atoms with van der Waals surface area (Å²) in [6.45, 7) is 1.87. The molecule has 4 rings (SSSR count). The van der Waals surface area contributed by atoms with E-state index in [0.29, 0.717) is 21.6 Å². The molecule has 7 nitrogen and oxygen atoms in total. The van der Waals surface area contributed by atoms with E-state index < -0.39 is 17.4 Å². The van der Waals surface area contributed by atoms with Gasteiger partial charge in [-0.15, -0.1) is 0 Å². The average molecular weight is 455 g/mol. The van der Waals surface area contributed by atoms with Crippen molar-refractivity contribution in [3.63, 3.8) is 0 Å². The number of fused-ring (bicyclic) bond motifs is 1. The molecule has 0 bridgehead atoms. The van der Waals surface area contributed by atoms with Gasteiger partial charge < -0.3 is 15.6 Å². The topological polar surface area (TPSA) is 104 Å². The van der Waals surface area contributed by atoms with Crippen molar-refractivity contribution in [1.29, 1.82) is 0 Å². The minimum Gasteiger partial charge on any atom is -0.325 e. The first-order chi connectivity index (χ1) is 14.9. The lowest BCUT2D eigenvalue weighted by Gasteiger charge is -2.23. The molecule has 1 aromatic heterocycles.